The van der Waals surface area contributed by atoms with E-state index in [1.807, 2.05) is 30.3 Å². The van der Waals surface area contributed by atoms with Crippen LogP contribution in [0.5, 0.6) is 0 Å². The van der Waals surface area contributed by atoms with Gasteiger partial charge in [-0.1, -0.05) is 51.1 Å². The van der Waals surface area contributed by atoms with Crippen molar-refractivity contribution in [3.8, 4) is 6.07 Å². The van der Waals surface area contributed by atoms with Crippen LogP contribution in [0.3, 0.4) is 0 Å². The Morgan fingerprint density at radius 3 is 2.35 bits per heavy atom. The van der Waals surface area contributed by atoms with Crippen molar-refractivity contribution in [2.45, 2.75) is 39.2 Å². The number of hydrogen-bond acceptors (Lipinski definition) is 2. The van der Waals surface area contributed by atoms with Gasteiger partial charge in [-0.2, -0.15) is 5.26 Å². The Labute approximate surface area is 105 Å². The second-order valence-corrected chi connectivity index (χ2v) is 4.76. The fourth-order valence-corrected chi connectivity index (χ4v) is 2.04. The molecule has 17 heavy (non-hydrogen) atoms. The Hall–Kier alpha value is -1.33. The molecule has 0 saturated carbocycles. The average molecular weight is 230 g/mol. The van der Waals surface area contributed by atoms with Crippen LogP contribution in [0.1, 0.15) is 38.7 Å². The van der Waals surface area contributed by atoms with Crippen LogP contribution in [0.4, 0.5) is 0 Å². The highest BCUT2D eigenvalue weighted by Crippen LogP contribution is 2.14. The van der Waals surface area contributed by atoms with Gasteiger partial charge < -0.3 is 5.32 Å². The first-order valence-corrected chi connectivity index (χ1v) is 6.37. The van der Waals surface area contributed by atoms with E-state index in [4.69, 9.17) is 0 Å². The van der Waals surface area contributed by atoms with Crippen LogP contribution in [0.25, 0.3) is 0 Å². The third-order valence-corrected chi connectivity index (χ3v) is 3.19. The zero-order chi connectivity index (χ0) is 12.7. The molecule has 0 radical (unpaired) electrons. The first-order chi connectivity index (χ1) is 8.19. The predicted molar refractivity (Wildman–Crippen MR) is 71.7 cm³/mol. The molecule has 2 atom stereocenters. The van der Waals surface area contributed by atoms with E-state index in [-0.39, 0.29) is 5.92 Å². The number of nitrogens with one attached hydrogen (secondary N) is 1. The Morgan fingerprint density at radius 2 is 1.88 bits per heavy atom. The van der Waals surface area contributed by atoms with E-state index in [1.165, 1.54) is 0 Å². The minimum atomic E-state index is -0.0519. The smallest absolute Gasteiger partial charge is 0.0837 e. The van der Waals surface area contributed by atoms with Crippen LogP contribution in [0, 0.1) is 17.2 Å². The molecular formula is C15H22N2. The molecule has 1 N–H and O–H groups in total. The van der Waals surface area contributed by atoms with Crippen molar-refractivity contribution >= 4 is 0 Å². The summed E-state index contributed by atoms with van der Waals surface area (Å²) in [5.74, 6) is 0.555. The van der Waals surface area contributed by atoms with Gasteiger partial charge in [-0.25, -0.2) is 0 Å². The van der Waals surface area contributed by atoms with Crippen LogP contribution in [0.2, 0.25) is 0 Å². The van der Waals surface area contributed by atoms with Gasteiger partial charge in [0.1, 0.15) is 0 Å². The summed E-state index contributed by atoms with van der Waals surface area (Å²) >= 11 is 0. The summed E-state index contributed by atoms with van der Waals surface area (Å²) in [5, 5.41) is 12.7. The molecule has 2 nitrogen and oxygen atoms in total. The molecule has 1 rings (SSSR count). The molecule has 2 unspecified atom stereocenters. The number of rotatable bonds is 6. The van der Waals surface area contributed by atoms with Gasteiger partial charge in [0.25, 0.3) is 0 Å². The SMILES string of the molecule is CCC(NCC(C#N)c1ccccc1)C(C)C. The summed E-state index contributed by atoms with van der Waals surface area (Å²) in [6.07, 6.45) is 1.10. The normalized spacial score (nSPS) is 14.3. The molecule has 0 spiro atoms. The average Bonchev–Trinajstić information content (AvgIpc) is 2.35. The number of hydrogen-bond donors (Lipinski definition) is 1. The van der Waals surface area contributed by atoms with E-state index in [9.17, 15) is 5.26 Å². The summed E-state index contributed by atoms with van der Waals surface area (Å²) in [7, 11) is 0. The van der Waals surface area contributed by atoms with E-state index >= 15 is 0 Å². The minimum Gasteiger partial charge on any atom is -0.312 e. The third-order valence-electron chi connectivity index (χ3n) is 3.19. The van der Waals surface area contributed by atoms with Crippen LogP contribution < -0.4 is 5.32 Å². The second kappa shape index (κ2) is 7.09. The van der Waals surface area contributed by atoms with E-state index in [1.54, 1.807) is 0 Å². The lowest BCUT2D eigenvalue weighted by atomic mass is 9.97. The maximum atomic E-state index is 9.21. The van der Waals surface area contributed by atoms with E-state index in [0.717, 1.165) is 18.5 Å². The quantitative estimate of drug-likeness (QED) is 0.813. The Morgan fingerprint density at radius 1 is 1.24 bits per heavy atom. The van der Waals surface area contributed by atoms with Crippen molar-refractivity contribution in [1.29, 1.82) is 5.26 Å². The van der Waals surface area contributed by atoms with Crippen LogP contribution in [-0.4, -0.2) is 12.6 Å². The summed E-state index contributed by atoms with van der Waals surface area (Å²) in [6, 6.07) is 12.9. The van der Waals surface area contributed by atoms with Gasteiger partial charge in [0.15, 0.2) is 0 Å². The maximum Gasteiger partial charge on any atom is 0.0837 e. The largest absolute Gasteiger partial charge is 0.312 e. The van der Waals surface area contributed by atoms with E-state index in [2.05, 4.69) is 32.2 Å². The van der Waals surface area contributed by atoms with Crippen molar-refractivity contribution in [1.82, 2.24) is 5.32 Å². The van der Waals surface area contributed by atoms with Gasteiger partial charge in [0.05, 0.1) is 12.0 Å². The van der Waals surface area contributed by atoms with Crippen LogP contribution >= 0.6 is 0 Å². The molecule has 0 saturated heterocycles. The zero-order valence-electron chi connectivity index (χ0n) is 11.0. The monoisotopic (exact) mass is 230 g/mol. The lowest BCUT2D eigenvalue weighted by molar-refractivity contribution is 0.386. The molecule has 2 heteroatoms. The Kier molecular flexibility index (Phi) is 5.72. The van der Waals surface area contributed by atoms with Crippen molar-refractivity contribution in [3.05, 3.63) is 35.9 Å². The van der Waals surface area contributed by atoms with Crippen molar-refractivity contribution in [3.63, 3.8) is 0 Å². The lowest BCUT2D eigenvalue weighted by Crippen LogP contribution is -2.35. The molecular weight excluding hydrogens is 208 g/mol. The summed E-state index contributed by atoms with van der Waals surface area (Å²) in [4.78, 5) is 0. The Balaban J connectivity index is 2.57. The molecule has 1 aromatic carbocycles. The van der Waals surface area contributed by atoms with Gasteiger partial charge in [-0.3, -0.25) is 0 Å². The van der Waals surface area contributed by atoms with Gasteiger partial charge in [0, 0.05) is 12.6 Å². The molecule has 0 fully saturated rings. The van der Waals surface area contributed by atoms with Gasteiger partial charge in [-0.05, 0) is 17.9 Å². The van der Waals surface area contributed by atoms with Gasteiger partial charge in [-0.15, -0.1) is 0 Å². The maximum absolute atomic E-state index is 9.21. The summed E-state index contributed by atoms with van der Waals surface area (Å²) < 4.78 is 0. The van der Waals surface area contributed by atoms with Gasteiger partial charge >= 0.3 is 0 Å². The highest BCUT2D eigenvalue weighted by Gasteiger charge is 2.14. The topological polar surface area (TPSA) is 35.8 Å². The molecule has 92 valence electrons. The number of benzene rings is 1. The lowest BCUT2D eigenvalue weighted by Gasteiger charge is -2.22. The second-order valence-electron chi connectivity index (χ2n) is 4.76. The molecule has 0 heterocycles. The van der Waals surface area contributed by atoms with Crippen LogP contribution in [-0.2, 0) is 0 Å². The first-order valence-electron chi connectivity index (χ1n) is 6.37. The summed E-state index contributed by atoms with van der Waals surface area (Å²) in [5.41, 5.74) is 1.10. The standard InChI is InChI=1S/C15H22N2/c1-4-15(12(2)3)17-11-14(10-16)13-8-6-5-7-9-13/h5-9,12,14-15,17H,4,11H2,1-3H3. The van der Waals surface area contributed by atoms with Crippen molar-refractivity contribution in [2.24, 2.45) is 5.92 Å². The molecule has 0 aromatic heterocycles. The third kappa shape index (κ3) is 4.20. The van der Waals surface area contributed by atoms with Crippen molar-refractivity contribution < 1.29 is 0 Å². The molecule has 0 bridgehead atoms. The van der Waals surface area contributed by atoms with Crippen molar-refractivity contribution in [2.75, 3.05) is 6.54 Å². The fourth-order valence-electron chi connectivity index (χ4n) is 2.04. The summed E-state index contributed by atoms with van der Waals surface area (Å²) in [6.45, 7) is 7.34. The molecule has 0 aliphatic carbocycles. The van der Waals surface area contributed by atoms with E-state index < -0.39 is 0 Å². The highest BCUT2D eigenvalue weighted by atomic mass is 14.9. The Bertz CT molecular complexity index is 351. The molecule has 1 aromatic rings. The molecule has 0 amide bonds. The number of nitrogens with zero attached hydrogens (tertiary/aromatic N) is 1. The van der Waals surface area contributed by atoms with Gasteiger partial charge in [0.2, 0.25) is 0 Å². The molecule has 0 aliphatic heterocycles. The highest BCUT2D eigenvalue weighted by molar-refractivity contribution is 5.25. The van der Waals surface area contributed by atoms with E-state index in [0.29, 0.717) is 12.0 Å². The number of nitriles is 1. The predicted octanol–water partition coefficient (Wildman–Crippen LogP) is 3.32. The van der Waals surface area contributed by atoms with Crippen LogP contribution in [0.15, 0.2) is 30.3 Å². The fraction of sp³-hybridized carbons (Fsp3) is 0.533. The minimum absolute atomic E-state index is 0.0519. The first kappa shape index (κ1) is 13.7. The molecule has 0 aliphatic rings. The zero-order valence-corrected chi connectivity index (χ0v) is 11.0.